The molecule has 0 radical (unpaired) electrons. The lowest BCUT2D eigenvalue weighted by Gasteiger charge is -2.10. The molecule has 0 bridgehead atoms. The number of para-hydroxylation sites is 2. The Morgan fingerprint density at radius 1 is 1.00 bits per heavy atom. The first-order valence-electron chi connectivity index (χ1n) is 10.4. The number of rotatable bonds is 7. The first kappa shape index (κ1) is 19.4. The third-order valence-electron chi connectivity index (χ3n) is 5.41. The molecule has 8 nitrogen and oxygen atoms in total. The lowest BCUT2D eigenvalue weighted by atomic mass is 10.3. The highest BCUT2D eigenvalue weighted by Gasteiger charge is 2.21. The average Bonchev–Trinajstić information content (AvgIpc) is 3.38. The summed E-state index contributed by atoms with van der Waals surface area (Å²) in [5.74, 6) is 1.41. The van der Waals surface area contributed by atoms with Gasteiger partial charge in [-0.05, 0) is 44.5 Å². The van der Waals surface area contributed by atoms with Gasteiger partial charge in [-0.3, -0.25) is 9.36 Å². The van der Waals surface area contributed by atoms with Gasteiger partial charge in [0.15, 0.2) is 11.3 Å². The standard InChI is InChI=1S/C23H23N5O3/c1-3-30-12-7-11-27-15(2)24-21-19(23(27)29)20-22(28(21)14-16-8-6-13-31-16)26-18-10-5-4-9-17(18)25-20/h4-6,8-10,13H,3,7,11-12,14H2,1-2H3. The number of benzene rings is 1. The molecule has 0 amide bonds. The van der Waals surface area contributed by atoms with Crippen molar-refractivity contribution >= 4 is 33.2 Å². The fourth-order valence-corrected chi connectivity index (χ4v) is 3.94. The smallest absolute Gasteiger partial charge is 0.265 e. The Kier molecular flexibility index (Phi) is 4.99. The van der Waals surface area contributed by atoms with E-state index < -0.39 is 0 Å². The van der Waals surface area contributed by atoms with Crippen LogP contribution < -0.4 is 5.56 Å². The van der Waals surface area contributed by atoms with E-state index in [1.54, 1.807) is 10.8 Å². The second kappa shape index (κ2) is 7.96. The molecule has 0 unspecified atom stereocenters. The molecular weight excluding hydrogens is 394 g/mol. The molecule has 0 N–H and O–H groups in total. The molecular formula is C23H23N5O3. The Hall–Kier alpha value is -3.52. The summed E-state index contributed by atoms with van der Waals surface area (Å²) in [6.45, 7) is 6.04. The summed E-state index contributed by atoms with van der Waals surface area (Å²) < 4.78 is 14.6. The summed E-state index contributed by atoms with van der Waals surface area (Å²) in [4.78, 5) is 28.0. The minimum absolute atomic E-state index is 0.105. The van der Waals surface area contributed by atoms with E-state index in [1.165, 1.54) is 0 Å². The summed E-state index contributed by atoms with van der Waals surface area (Å²) in [5.41, 5.74) is 3.18. The summed E-state index contributed by atoms with van der Waals surface area (Å²) in [7, 11) is 0. The largest absolute Gasteiger partial charge is 0.467 e. The number of furan rings is 1. The summed E-state index contributed by atoms with van der Waals surface area (Å²) in [6.07, 6.45) is 2.37. The number of fused-ring (bicyclic) bond motifs is 4. The molecule has 0 saturated carbocycles. The van der Waals surface area contributed by atoms with Crippen molar-refractivity contribution in [1.82, 2.24) is 24.1 Å². The second-order valence-electron chi connectivity index (χ2n) is 7.41. The number of nitrogens with zero attached hydrogens (tertiary/aromatic N) is 5. The number of hydrogen-bond donors (Lipinski definition) is 0. The van der Waals surface area contributed by atoms with Gasteiger partial charge in [-0.25, -0.2) is 15.0 Å². The first-order chi connectivity index (χ1) is 15.2. The molecule has 0 aliphatic heterocycles. The molecule has 0 spiro atoms. The highest BCUT2D eigenvalue weighted by Crippen LogP contribution is 2.26. The van der Waals surface area contributed by atoms with Crippen LogP contribution in [-0.2, 0) is 17.8 Å². The topological polar surface area (TPSA) is 88.0 Å². The van der Waals surface area contributed by atoms with Crippen LogP contribution in [0.15, 0.2) is 51.9 Å². The van der Waals surface area contributed by atoms with E-state index in [4.69, 9.17) is 24.1 Å². The molecule has 0 fully saturated rings. The molecule has 31 heavy (non-hydrogen) atoms. The van der Waals surface area contributed by atoms with Crippen LogP contribution in [0.2, 0.25) is 0 Å². The zero-order valence-corrected chi connectivity index (χ0v) is 17.5. The van der Waals surface area contributed by atoms with Crippen LogP contribution in [0.1, 0.15) is 24.9 Å². The van der Waals surface area contributed by atoms with E-state index >= 15 is 0 Å². The van der Waals surface area contributed by atoms with Gasteiger partial charge < -0.3 is 13.7 Å². The van der Waals surface area contributed by atoms with Gasteiger partial charge >= 0.3 is 0 Å². The fourth-order valence-electron chi connectivity index (χ4n) is 3.94. The van der Waals surface area contributed by atoms with Gasteiger partial charge in [0.05, 0.1) is 23.8 Å². The van der Waals surface area contributed by atoms with E-state index in [-0.39, 0.29) is 5.56 Å². The maximum Gasteiger partial charge on any atom is 0.265 e. The number of hydrogen-bond acceptors (Lipinski definition) is 6. The maximum atomic E-state index is 13.6. The van der Waals surface area contributed by atoms with Crippen molar-refractivity contribution in [2.45, 2.75) is 33.4 Å². The Labute approximate surface area is 178 Å². The van der Waals surface area contributed by atoms with E-state index in [9.17, 15) is 4.79 Å². The van der Waals surface area contributed by atoms with Crippen LogP contribution >= 0.6 is 0 Å². The Morgan fingerprint density at radius 3 is 2.55 bits per heavy atom. The minimum Gasteiger partial charge on any atom is -0.467 e. The van der Waals surface area contributed by atoms with Gasteiger partial charge in [-0.1, -0.05) is 12.1 Å². The lowest BCUT2D eigenvalue weighted by molar-refractivity contribution is 0.141. The van der Waals surface area contributed by atoms with Crippen molar-refractivity contribution in [1.29, 1.82) is 0 Å². The number of ether oxygens (including phenoxy) is 1. The van der Waals surface area contributed by atoms with Gasteiger partial charge in [0.2, 0.25) is 0 Å². The molecule has 0 saturated heterocycles. The second-order valence-corrected chi connectivity index (χ2v) is 7.41. The highest BCUT2D eigenvalue weighted by molar-refractivity contribution is 6.04. The molecule has 0 atom stereocenters. The van der Waals surface area contributed by atoms with Gasteiger partial charge in [0, 0.05) is 19.8 Å². The monoisotopic (exact) mass is 417 g/mol. The molecule has 5 aromatic rings. The summed E-state index contributed by atoms with van der Waals surface area (Å²) >= 11 is 0. The van der Waals surface area contributed by atoms with Crippen LogP contribution in [0.5, 0.6) is 0 Å². The zero-order valence-electron chi connectivity index (χ0n) is 17.5. The maximum absolute atomic E-state index is 13.6. The van der Waals surface area contributed by atoms with Gasteiger partial charge in [0.25, 0.3) is 5.56 Å². The third kappa shape index (κ3) is 3.38. The molecule has 158 valence electrons. The molecule has 4 heterocycles. The van der Waals surface area contributed by atoms with Crippen LogP contribution in [0.4, 0.5) is 0 Å². The lowest BCUT2D eigenvalue weighted by Crippen LogP contribution is -2.25. The third-order valence-corrected chi connectivity index (χ3v) is 5.41. The van der Waals surface area contributed by atoms with Crippen molar-refractivity contribution in [3.05, 3.63) is 64.6 Å². The zero-order chi connectivity index (χ0) is 21.4. The Morgan fingerprint density at radius 2 is 1.81 bits per heavy atom. The van der Waals surface area contributed by atoms with Gasteiger partial charge in [-0.15, -0.1) is 0 Å². The Bertz CT molecular complexity index is 1430. The van der Waals surface area contributed by atoms with Gasteiger partial charge in [-0.2, -0.15) is 0 Å². The molecule has 1 aromatic carbocycles. The van der Waals surface area contributed by atoms with Crippen LogP contribution in [0.3, 0.4) is 0 Å². The van der Waals surface area contributed by atoms with Crippen LogP contribution in [0.25, 0.3) is 33.2 Å². The van der Waals surface area contributed by atoms with Crippen molar-refractivity contribution in [2.24, 2.45) is 0 Å². The molecule has 5 rings (SSSR count). The number of aryl methyl sites for hydroxylation is 1. The van der Waals surface area contributed by atoms with Crippen molar-refractivity contribution in [3.63, 3.8) is 0 Å². The molecule has 0 aliphatic carbocycles. The van der Waals surface area contributed by atoms with E-state index in [2.05, 4.69) is 0 Å². The van der Waals surface area contributed by atoms with Crippen molar-refractivity contribution < 1.29 is 9.15 Å². The van der Waals surface area contributed by atoms with Crippen LogP contribution in [0, 0.1) is 6.92 Å². The molecule has 8 heteroatoms. The highest BCUT2D eigenvalue weighted by atomic mass is 16.5. The van der Waals surface area contributed by atoms with E-state index in [0.29, 0.717) is 54.3 Å². The first-order valence-corrected chi connectivity index (χ1v) is 10.4. The number of aromatic nitrogens is 5. The van der Waals surface area contributed by atoms with Crippen molar-refractivity contribution in [2.75, 3.05) is 13.2 Å². The van der Waals surface area contributed by atoms with Gasteiger partial charge in [0.1, 0.15) is 22.5 Å². The average molecular weight is 417 g/mol. The predicted molar refractivity (Wildman–Crippen MR) is 118 cm³/mol. The summed E-state index contributed by atoms with van der Waals surface area (Å²) in [5, 5.41) is 0.488. The molecule has 4 aromatic heterocycles. The quantitative estimate of drug-likeness (QED) is 0.376. The van der Waals surface area contributed by atoms with E-state index in [1.807, 2.05) is 54.8 Å². The minimum atomic E-state index is -0.105. The SMILES string of the molecule is CCOCCCn1c(C)nc2c(c1=O)c1nc3ccccc3nc1n2Cc1ccco1. The normalized spacial score (nSPS) is 11.8. The summed E-state index contributed by atoms with van der Waals surface area (Å²) in [6, 6.07) is 11.4. The van der Waals surface area contributed by atoms with Crippen LogP contribution in [-0.4, -0.2) is 37.3 Å². The molecule has 0 aliphatic rings. The Balaban J connectivity index is 1.77. The van der Waals surface area contributed by atoms with Crippen molar-refractivity contribution in [3.8, 4) is 0 Å². The van der Waals surface area contributed by atoms with E-state index in [0.717, 1.165) is 23.2 Å². The predicted octanol–water partition coefficient (Wildman–Crippen LogP) is 3.67. The fraction of sp³-hybridized carbons (Fsp3) is 0.304.